The number of pyridine rings is 1. The number of carbonyl (C=O) groups is 3. The van der Waals surface area contributed by atoms with E-state index in [1.807, 2.05) is 0 Å². The Bertz CT molecular complexity index is 1280. The molecule has 1 aromatic heterocycles. The molecule has 34 heavy (non-hydrogen) atoms. The minimum Gasteiger partial charge on any atom is -0.465 e. The molecule has 3 N–H and O–H groups in total. The van der Waals surface area contributed by atoms with Crippen molar-refractivity contribution in [1.29, 1.82) is 0 Å². The molecule has 0 spiro atoms. The Morgan fingerprint density at radius 1 is 1.00 bits per heavy atom. The number of nitrogens with zero attached hydrogens (tertiary/aromatic N) is 1. The Labute approximate surface area is 196 Å². The third-order valence-corrected chi connectivity index (χ3v) is 5.11. The van der Waals surface area contributed by atoms with Crippen LogP contribution in [-0.2, 0) is 11.0 Å². The zero-order valence-corrected chi connectivity index (χ0v) is 18.3. The first kappa shape index (κ1) is 24.7. The van der Waals surface area contributed by atoms with E-state index in [1.165, 1.54) is 42.5 Å². The fourth-order valence-electron chi connectivity index (χ4n) is 3.08. The quantitative estimate of drug-likeness (QED) is 0.288. The number of ketones is 1. The summed E-state index contributed by atoms with van der Waals surface area (Å²) in [5, 5.41) is 13.9. The molecular weight excluding hydrogens is 475 g/mol. The zero-order valence-electron chi connectivity index (χ0n) is 17.5. The molecule has 7 nitrogen and oxygen atoms in total. The van der Waals surface area contributed by atoms with Crippen molar-refractivity contribution in [3.63, 3.8) is 0 Å². The normalized spacial score (nSPS) is 11.1. The molecule has 0 aliphatic heterocycles. The van der Waals surface area contributed by atoms with Crippen LogP contribution < -0.4 is 10.6 Å². The molecular formula is C23H17ClF3N3O4. The molecule has 2 amide bonds. The van der Waals surface area contributed by atoms with E-state index in [2.05, 4.69) is 15.6 Å². The number of amides is 2. The number of alkyl halides is 3. The van der Waals surface area contributed by atoms with Crippen LogP contribution in [0.25, 0.3) is 11.1 Å². The molecule has 11 heteroatoms. The predicted octanol–water partition coefficient (Wildman–Crippen LogP) is 6.03. The van der Waals surface area contributed by atoms with Gasteiger partial charge in [0, 0.05) is 16.8 Å². The van der Waals surface area contributed by atoms with Gasteiger partial charge in [-0.05, 0) is 53.9 Å². The number of Topliss-reactive ketones (excluding diaryl/α,β-unsaturated/α-hetero) is 1. The number of halogens is 4. The van der Waals surface area contributed by atoms with Crippen molar-refractivity contribution in [2.45, 2.75) is 19.5 Å². The highest BCUT2D eigenvalue weighted by molar-refractivity contribution is 6.32. The van der Waals surface area contributed by atoms with E-state index in [-0.39, 0.29) is 27.5 Å². The summed E-state index contributed by atoms with van der Waals surface area (Å²) in [6, 6.07) is 10.9. The number of carbonyl (C=O) groups excluding carboxylic acids is 2. The van der Waals surface area contributed by atoms with Crippen molar-refractivity contribution in [2.24, 2.45) is 0 Å². The van der Waals surface area contributed by atoms with Gasteiger partial charge in [-0.3, -0.25) is 19.9 Å². The number of hydrogen-bond donors (Lipinski definition) is 3. The van der Waals surface area contributed by atoms with Crippen LogP contribution in [0, 0.1) is 6.92 Å². The largest absolute Gasteiger partial charge is 0.465 e. The summed E-state index contributed by atoms with van der Waals surface area (Å²) in [4.78, 5) is 39.4. The zero-order chi connectivity index (χ0) is 25.0. The minimum atomic E-state index is -4.62. The van der Waals surface area contributed by atoms with Crippen molar-refractivity contribution in [3.05, 3.63) is 76.6 Å². The van der Waals surface area contributed by atoms with E-state index in [1.54, 1.807) is 6.92 Å². The molecule has 1 heterocycles. The molecule has 0 atom stereocenters. The van der Waals surface area contributed by atoms with E-state index in [0.717, 1.165) is 12.3 Å². The van der Waals surface area contributed by atoms with E-state index >= 15 is 0 Å². The number of carboxylic acid groups (broad SMARTS) is 1. The average Bonchev–Trinajstić information content (AvgIpc) is 2.76. The molecule has 0 saturated heterocycles. The second-order valence-corrected chi connectivity index (χ2v) is 7.64. The van der Waals surface area contributed by atoms with E-state index in [4.69, 9.17) is 16.7 Å². The van der Waals surface area contributed by atoms with Crippen LogP contribution in [0.3, 0.4) is 0 Å². The lowest BCUT2D eigenvalue weighted by molar-refractivity contribution is -0.141. The Hall–Kier alpha value is -3.92. The maximum Gasteiger partial charge on any atom is 0.433 e. The summed E-state index contributed by atoms with van der Waals surface area (Å²) in [5.74, 6) is -1.32. The average molecular weight is 492 g/mol. The number of hydrogen-bond acceptors (Lipinski definition) is 4. The highest BCUT2D eigenvalue weighted by atomic mass is 35.5. The summed E-state index contributed by atoms with van der Waals surface area (Å²) < 4.78 is 38.9. The van der Waals surface area contributed by atoms with Gasteiger partial charge in [-0.15, -0.1) is 0 Å². The first-order valence-electron chi connectivity index (χ1n) is 9.71. The van der Waals surface area contributed by atoms with Crippen molar-refractivity contribution >= 4 is 40.8 Å². The number of nitrogens with one attached hydrogen (secondary N) is 2. The number of rotatable bonds is 6. The third-order valence-electron chi connectivity index (χ3n) is 4.70. The molecule has 0 unspecified atom stereocenters. The van der Waals surface area contributed by atoms with Crippen molar-refractivity contribution in [1.82, 2.24) is 4.98 Å². The van der Waals surface area contributed by atoms with Crippen LogP contribution >= 0.6 is 11.6 Å². The van der Waals surface area contributed by atoms with Crippen molar-refractivity contribution in [2.75, 3.05) is 10.6 Å². The fraction of sp³-hybridized carbons (Fsp3) is 0.130. The standard InChI is InChI=1S/C23H17ClF3N3O4/c1-12-7-17(30-22(33)34)18(10-16(12)24)29-21(32)11-19(31)15-4-2-3-13(8-15)14-5-6-28-20(9-14)23(25,26)27/h2-10,30H,11H2,1H3,(H,29,32)(H,33,34). The van der Waals surface area contributed by atoms with Crippen LogP contribution in [0.4, 0.5) is 29.3 Å². The minimum absolute atomic E-state index is 0.0704. The SMILES string of the molecule is Cc1cc(NC(=O)O)c(NC(=O)CC(=O)c2cccc(-c3ccnc(C(F)(F)F)c3)c2)cc1Cl. The summed E-state index contributed by atoms with van der Waals surface area (Å²) >= 11 is 6.05. The highest BCUT2D eigenvalue weighted by Gasteiger charge is 2.32. The second kappa shape index (κ2) is 9.92. The van der Waals surface area contributed by atoms with Crippen LogP contribution in [0.2, 0.25) is 5.02 Å². The lowest BCUT2D eigenvalue weighted by Crippen LogP contribution is -2.18. The number of aromatic nitrogens is 1. The van der Waals surface area contributed by atoms with E-state index in [9.17, 15) is 27.6 Å². The second-order valence-electron chi connectivity index (χ2n) is 7.23. The van der Waals surface area contributed by atoms with Gasteiger partial charge >= 0.3 is 12.3 Å². The molecule has 0 saturated carbocycles. The van der Waals surface area contributed by atoms with Crippen LogP contribution in [0.15, 0.2) is 54.7 Å². The number of aryl methyl sites for hydroxylation is 1. The molecule has 2 aromatic carbocycles. The smallest absolute Gasteiger partial charge is 0.433 e. The van der Waals surface area contributed by atoms with E-state index in [0.29, 0.717) is 11.1 Å². The summed E-state index contributed by atoms with van der Waals surface area (Å²) in [5.41, 5.74) is 0.322. The first-order chi connectivity index (χ1) is 15.9. The molecule has 3 rings (SSSR count). The third kappa shape index (κ3) is 6.10. The monoisotopic (exact) mass is 491 g/mol. The maximum absolute atomic E-state index is 13.0. The molecule has 3 aromatic rings. The number of benzene rings is 2. The maximum atomic E-state index is 13.0. The van der Waals surface area contributed by atoms with Gasteiger partial charge < -0.3 is 10.4 Å². The Morgan fingerprint density at radius 2 is 1.68 bits per heavy atom. The predicted molar refractivity (Wildman–Crippen MR) is 120 cm³/mol. The van der Waals surface area contributed by atoms with Crippen LogP contribution in [-0.4, -0.2) is 27.9 Å². The van der Waals surface area contributed by atoms with Gasteiger partial charge in [0.1, 0.15) is 5.69 Å². The lowest BCUT2D eigenvalue weighted by Gasteiger charge is -2.13. The highest BCUT2D eigenvalue weighted by Crippen LogP contribution is 2.31. The first-order valence-corrected chi connectivity index (χ1v) is 10.1. The van der Waals surface area contributed by atoms with Gasteiger partial charge in [0.25, 0.3) is 0 Å². The molecule has 0 aliphatic rings. The van der Waals surface area contributed by atoms with Gasteiger partial charge in [-0.2, -0.15) is 13.2 Å². The Morgan fingerprint density at radius 3 is 2.35 bits per heavy atom. The van der Waals surface area contributed by atoms with Gasteiger partial charge in [0.15, 0.2) is 5.78 Å². The van der Waals surface area contributed by atoms with Crippen LogP contribution in [0.1, 0.15) is 28.0 Å². The van der Waals surface area contributed by atoms with Crippen molar-refractivity contribution in [3.8, 4) is 11.1 Å². The molecule has 176 valence electrons. The van der Waals surface area contributed by atoms with Gasteiger partial charge in [0.2, 0.25) is 5.91 Å². The molecule has 0 fully saturated rings. The van der Waals surface area contributed by atoms with Crippen LogP contribution in [0.5, 0.6) is 0 Å². The number of anilines is 2. The lowest BCUT2D eigenvalue weighted by atomic mass is 10.00. The summed E-state index contributed by atoms with van der Waals surface area (Å²) in [6.45, 7) is 1.65. The fourth-order valence-corrected chi connectivity index (χ4v) is 3.25. The summed E-state index contributed by atoms with van der Waals surface area (Å²) in [7, 11) is 0. The summed E-state index contributed by atoms with van der Waals surface area (Å²) in [6.07, 6.45) is -5.54. The van der Waals surface area contributed by atoms with Gasteiger partial charge in [-0.25, -0.2) is 4.79 Å². The van der Waals surface area contributed by atoms with Gasteiger partial charge in [0.05, 0.1) is 17.8 Å². The topological polar surface area (TPSA) is 108 Å². The van der Waals surface area contributed by atoms with E-state index < -0.39 is 36.1 Å². The molecule has 0 bridgehead atoms. The van der Waals surface area contributed by atoms with Gasteiger partial charge in [-0.1, -0.05) is 29.8 Å². The molecule has 0 aliphatic carbocycles. The molecule has 0 radical (unpaired) electrons. The van der Waals surface area contributed by atoms with Crippen molar-refractivity contribution < 1.29 is 32.7 Å². The Kier molecular flexibility index (Phi) is 7.21. The Balaban J connectivity index is 1.78.